The van der Waals surface area contributed by atoms with E-state index in [1.54, 1.807) is 12.4 Å². The number of carbonyl (C=O) groups excluding carboxylic acids is 2. The van der Waals surface area contributed by atoms with Gasteiger partial charge >= 0.3 is 0 Å². The second kappa shape index (κ2) is 12.0. The van der Waals surface area contributed by atoms with E-state index in [4.69, 9.17) is 4.98 Å². The Morgan fingerprint density at radius 3 is 1.78 bits per heavy atom. The molecule has 0 aliphatic carbocycles. The normalized spacial score (nSPS) is 16.5. The van der Waals surface area contributed by atoms with E-state index in [0.717, 1.165) is 54.1 Å². The molecule has 2 aliphatic heterocycles. The van der Waals surface area contributed by atoms with Crippen LogP contribution in [0.1, 0.15) is 39.4 Å². The van der Waals surface area contributed by atoms with E-state index in [1.807, 2.05) is 89.5 Å². The number of piperazine rings is 1. The van der Waals surface area contributed by atoms with Crippen LogP contribution < -0.4 is 0 Å². The van der Waals surface area contributed by atoms with Crippen LogP contribution in [0.2, 0.25) is 0 Å². The van der Waals surface area contributed by atoms with Gasteiger partial charge in [-0.1, -0.05) is 60.7 Å². The molecule has 41 heavy (non-hydrogen) atoms. The Morgan fingerprint density at radius 2 is 1.24 bits per heavy atom. The fourth-order valence-corrected chi connectivity index (χ4v) is 5.74. The Balaban J connectivity index is 1.10. The highest BCUT2D eigenvalue weighted by atomic mass is 16.2. The van der Waals surface area contributed by atoms with Crippen LogP contribution in [-0.4, -0.2) is 86.8 Å². The van der Waals surface area contributed by atoms with Gasteiger partial charge in [-0.2, -0.15) is 0 Å². The molecule has 2 aromatic carbocycles. The van der Waals surface area contributed by atoms with Gasteiger partial charge in [0.1, 0.15) is 5.69 Å². The third kappa shape index (κ3) is 6.02. The number of likely N-dealkylation sites (tertiary alicyclic amines) is 1. The Morgan fingerprint density at radius 1 is 0.683 bits per heavy atom. The number of hydrogen-bond acceptors (Lipinski definition) is 6. The third-order valence-corrected chi connectivity index (χ3v) is 8.08. The molecule has 4 heterocycles. The fraction of sp³-hybridized carbons (Fsp3) is 0.303. The number of nitrogens with zero attached hydrogens (tertiary/aromatic N) is 6. The first-order chi connectivity index (χ1) is 20.0. The number of aryl methyl sites for hydroxylation is 1. The van der Waals surface area contributed by atoms with E-state index in [-0.39, 0.29) is 11.8 Å². The van der Waals surface area contributed by atoms with Gasteiger partial charge in [0.2, 0.25) is 0 Å². The van der Waals surface area contributed by atoms with Crippen molar-refractivity contribution < 1.29 is 9.59 Å². The monoisotopic (exact) mass is 546 g/mol. The highest BCUT2D eigenvalue weighted by Crippen LogP contribution is 2.26. The Kier molecular flexibility index (Phi) is 7.82. The quantitative estimate of drug-likeness (QED) is 0.365. The maximum Gasteiger partial charge on any atom is 0.274 e. The van der Waals surface area contributed by atoms with E-state index in [2.05, 4.69) is 14.9 Å². The van der Waals surface area contributed by atoms with Crippen molar-refractivity contribution in [3.8, 4) is 22.5 Å². The molecule has 6 rings (SSSR count). The summed E-state index contributed by atoms with van der Waals surface area (Å²) in [5, 5.41) is 0. The van der Waals surface area contributed by atoms with Gasteiger partial charge in [-0.3, -0.25) is 19.5 Å². The zero-order chi connectivity index (χ0) is 28.2. The summed E-state index contributed by atoms with van der Waals surface area (Å²) in [4.78, 5) is 46.3. The second-order valence-electron chi connectivity index (χ2n) is 10.8. The van der Waals surface area contributed by atoms with Crippen molar-refractivity contribution in [1.29, 1.82) is 0 Å². The van der Waals surface area contributed by atoms with Gasteiger partial charge in [-0.05, 0) is 31.9 Å². The summed E-state index contributed by atoms with van der Waals surface area (Å²) in [5.41, 5.74) is 5.45. The molecule has 0 unspecified atom stereocenters. The standard InChI is InChI=1S/C33H34N6O2/c1-24-22-35-31(23-34-24)33(41)38-14-12-28(13-15-38)37-16-18-39(19-17-37)32(40)27-20-29(25-8-4-2-5-9-25)36-30(21-27)26-10-6-3-7-11-26/h2-11,20-23,28H,12-19H2,1H3. The lowest BCUT2D eigenvalue weighted by atomic mass is 10.0. The average molecular weight is 547 g/mol. The predicted octanol–water partition coefficient (Wildman–Crippen LogP) is 4.58. The topological polar surface area (TPSA) is 82.5 Å². The number of pyridine rings is 1. The molecule has 0 spiro atoms. The lowest BCUT2D eigenvalue weighted by Crippen LogP contribution is -2.54. The van der Waals surface area contributed by atoms with Gasteiger partial charge in [0.15, 0.2) is 0 Å². The summed E-state index contributed by atoms with van der Waals surface area (Å²) in [6.45, 7) is 6.30. The van der Waals surface area contributed by atoms with E-state index in [1.165, 1.54) is 0 Å². The molecule has 0 saturated carbocycles. The van der Waals surface area contributed by atoms with Gasteiger partial charge in [0.05, 0.1) is 23.3 Å². The zero-order valence-electron chi connectivity index (χ0n) is 23.3. The molecule has 0 radical (unpaired) electrons. The smallest absolute Gasteiger partial charge is 0.274 e. The summed E-state index contributed by atoms with van der Waals surface area (Å²) >= 11 is 0. The number of aromatic nitrogens is 3. The van der Waals surface area contributed by atoms with Crippen LogP contribution in [-0.2, 0) is 0 Å². The Bertz CT molecular complexity index is 1440. The summed E-state index contributed by atoms with van der Waals surface area (Å²) < 4.78 is 0. The highest BCUT2D eigenvalue weighted by molar-refractivity contribution is 5.96. The van der Waals surface area contributed by atoms with E-state index < -0.39 is 0 Å². The molecule has 2 saturated heterocycles. The minimum Gasteiger partial charge on any atom is -0.337 e. The molecule has 8 heteroatoms. The number of hydrogen-bond donors (Lipinski definition) is 0. The summed E-state index contributed by atoms with van der Waals surface area (Å²) in [6.07, 6.45) is 5.04. The number of piperidine rings is 1. The Hall–Kier alpha value is -4.43. The van der Waals surface area contributed by atoms with Crippen molar-refractivity contribution in [2.45, 2.75) is 25.8 Å². The third-order valence-electron chi connectivity index (χ3n) is 8.08. The maximum absolute atomic E-state index is 13.7. The van der Waals surface area contributed by atoms with Gasteiger partial charge < -0.3 is 9.80 Å². The minimum atomic E-state index is -0.0477. The van der Waals surface area contributed by atoms with Crippen LogP contribution in [0.15, 0.2) is 85.2 Å². The van der Waals surface area contributed by atoms with Gasteiger partial charge in [-0.15, -0.1) is 0 Å². The van der Waals surface area contributed by atoms with Crippen molar-refractivity contribution in [3.63, 3.8) is 0 Å². The lowest BCUT2D eigenvalue weighted by Gasteiger charge is -2.42. The largest absolute Gasteiger partial charge is 0.337 e. The van der Waals surface area contributed by atoms with Gasteiger partial charge in [0.25, 0.3) is 11.8 Å². The summed E-state index contributed by atoms with van der Waals surface area (Å²) in [5.74, 6) is -0.00510. The molecule has 4 aromatic rings. The first-order valence-electron chi connectivity index (χ1n) is 14.3. The Labute approximate surface area is 240 Å². The van der Waals surface area contributed by atoms with Crippen LogP contribution in [0.4, 0.5) is 0 Å². The number of amides is 2. The van der Waals surface area contributed by atoms with Crippen molar-refractivity contribution >= 4 is 11.8 Å². The average Bonchev–Trinajstić information content (AvgIpc) is 3.05. The van der Waals surface area contributed by atoms with Gasteiger partial charge in [0, 0.05) is 68.2 Å². The molecule has 8 nitrogen and oxygen atoms in total. The number of rotatable bonds is 5. The molecule has 2 aromatic heterocycles. The van der Waals surface area contributed by atoms with E-state index in [9.17, 15) is 9.59 Å². The van der Waals surface area contributed by atoms with Crippen LogP contribution in [0.25, 0.3) is 22.5 Å². The lowest BCUT2D eigenvalue weighted by molar-refractivity contribution is 0.0410. The number of carbonyl (C=O) groups is 2. The molecule has 2 amide bonds. The first-order valence-corrected chi connectivity index (χ1v) is 14.3. The highest BCUT2D eigenvalue weighted by Gasteiger charge is 2.31. The fourth-order valence-electron chi connectivity index (χ4n) is 5.74. The molecule has 208 valence electrons. The van der Waals surface area contributed by atoms with E-state index >= 15 is 0 Å². The molecule has 2 fully saturated rings. The van der Waals surface area contributed by atoms with Gasteiger partial charge in [-0.25, -0.2) is 9.97 Å². The van der Waals surface area contributed by atoms with Crippen molar-refractivity contribution in [2.24, 2.45) is 0 Å². The maximum atomic E-state index is 13.7. The predicted molar refractivity (Wildman–Crippen MR) is 158 cm³/mol. The summed E-state index contributed by atoms with van der Waals surface area (Å²) in [7, 11) is 0. The minimum absolute atomic E-state index is 0.0426. The summed E-state index contributed by atoms with van der Waals surface area (Å²) in [6, 6.07) is 24.3. The molecule has 0 N–H and O–H groups in total. The molecule has 0 atom stereocenters. The first kappa shape index (κ1) is 26.8. The number of benzene rings is 2. The molecule has 0 bridgehead atoms. The molecule has 2 aliphatic rings. The van der Waals surface area contributed by atoms with Crippen molar-refractivity contribution in [1.82, 2.24) is 29.7 Å². The molecular weight excluding hydrogens is 512 g/mol. The van der Waals surface area contributed by atoms with Crippen LogP contribution in [0, 0.1) is 6.92 Å². The zero-order valence-corrected chi connectivity index (χ0v) is 23.3. The van der Waals surface area contributed by atoms with E-state index in [0.29, 0.717) is 43.5 Å². The second-order valence-corrected chi connectivity index (χ2v) is 10.8. The van der Waals surface area contributed by atoms with Crippen molar-refractivity contribution in [3.05, 3.63) is 102 Å². The van der Waals surface area contributed by atoms with Crippen LogP contribution >= 0.6 is 0 Å². The SMILES string of the molecule is Cc1cnc(C(=O)N2CCC(N3CCN(C(=O)c4cc(-c5ccccc5)nc(-c5ccccc5)c4)CC3)CC2)cn1. The van der Waals surface area contributed by atoms with Crippen LogP contribution in [0.5, 0.6) is 0 Å². The van der Waals surface area contributed by atoms with Crippen LogP contribution in [0.3, 0.4) is 0 Å². The van der Waals surface area contributed by atoms with Crippen molar-refractivity contribution in [2.75, 3.05) is 39.3 Å². The molecular formula is C33H34N6O2.